The molecule has 0 N–H and O–H groups in total. The lowest BCUT2D eigenvalue weighted by Gasteiger charge is -2.14. The van der Waals surface area contributed by atoms with E-state index in [4.69, 9.17) is 0 Å². The molecule has 0 unspecified atom stereocenters. The third kappa shape index (κ3) is 4.39. The molecule has 0 spiro atoms. The lowest BCUT2D eigenvalue weighted by Crippen LogP contribution is -2.07. The molecular weight excluding hydrogens is 176 g/mol. The monoisotopic (exact) mass is 200 g/mol. The van der Waals surface area contributed by atoms with Crippen LogP contribution in [0.25, 0.3) is 0 Å². The largest absolute Gasteiger partial charge is 0.159 e. The molecular formula is C12H24S. The van der Waals surface area contributed by atoms with Gasteiger partial charge in [0.05, 0.1) is 0 Å². The molecule has 1 heterocycles. The zero-order valence-corrected chi connectivity index (χ0v) is 10.2. The van der Waals surface area contributed by atoms with E-state index in [9.17, 15) is 0 Å². The van der Waals surface area contributed by atoms with Gasteiger partial charge < -0.3 is 0 Å². The number of hydrogen-bond donors (Lipinski definition) is 0. The highest BCUT2D eigenvalue weighted by Crippen LogP contribution is 2.35. The molecule has 1 rings (SSSR count). The van der Waals surface area contributed by atoms with Gasteiger partial charge in [-0.2, -0.15) is 11.8 Å². The van der Waals surface area contributed by atoms with Gasteiger partial charge in [0.1, 0.15) is 0 Å². The summed E-state index contributed by atoms with van der Waals surface area (Å²) in [6.45, 7) is 7.06. The van der Waals surface area contributed by atoms with Gasteiger partial charge in [0.15, 0.2) is 0 Å². The maximum atomic E-state index is 2.41. The highest BCUT2D eigenvalue weighted by Gasteiger charge is 2.22. The van der Waals surface area contributed by atoms with Gasteiger partial charge in [-0.15, -0.1) is 0 Å². The molecule has 0 saturated carbocycles. The third-order valence-electron chi connectivity index (χ3n) is 3.14. The van der Waals surface area contributed by atoms with Crippen LogP contribution in [0.2, 0.25) is 0 Å². The molecule has 0 aromatic heterocycles. The van der Waals surface area contributed by atoms with Crippen LogP contribution in [0.4, 0.5) is 0 Å². The summed E-state index contributed by atoms with van der Waals surface area (Å²) in [6.07, 6.45) is 7.31. The van der Waals surface area contributed by atoms with Crippen LogP contribution < -0.4 is 0 Å². The molecule has 78 valence electrons. The van der Waals surface area contributed by atoms with Crippen LogP contribution in [0, 0.1) is 11.8 Å². The molecule has 1 saturated heterocycles. The second-order valence-electron chi connectivity index (χ2n) is 4.80. The molecule has 0 aromatic carbocycles. The van der Waals surface area contributed by atoms with E-state index in [-0.39, 0.29) is 0 Å². The van der Waals surface area contributed by atoms with Gasteiger partial charge in [-0.3, -0.25) is 0 Å². The molecule has 1 heteroatoms. The lowest BCUT2D eigenvalue weighted by atomic mass is 9.95. The van der Waals surface area contributed by atoms with E-state index < -0.39 is 0 Å². The Morgan fingerprint density at radius 3 is 2.62 bits per heavy atom. The van der Waals surface area contributed by atoms with Crippen LogP contribution >= 0.6 is 11.8 Å². The molecule has 0 aromatic rings. The van der Waals surface area contributed by atoms with Crippen molar-refractivity contribution < 1.29 is 0 Å². The summed E-state index contributed by atoms with van der Waals surface area (Å²) in [4.78, 5) is 0. The summed E-state index contributed by atoms with van der Waals surface area (Å²) < 4.78 is 0. The van der Waals surface area contributed by atoms with Crippen molar-refractivity contribution in [3.8, 4) is 0 Å². The Bertz CT molecular complexity index is 131. The highest BCUT2D eigenvalue weighted by molar-refractivity contribution is 8.00. The predicted octanol–water partition coefficient (Wildman–Crippen LogP) is 4.34. The first-order chi connectivity index (χ1) is 6.20. The normalized spacial score (nSPS) is 28.6. The Morgan fingerprint density at radius 1 is 1.31 bits per heavy atom. The Morgan fingerprint density at radius 2 is 2.08 bits per heavy atom. The van der Waals surface area contributed by atoms with Crippen molar-refractivity contribution >= 4 is 11.8 Å². The summed E-state index contributed by atoms with van der Waals surface area (Å²) in [5, 5.41) is 0.944. The van der Waals surface area contributed by atoms with Gasteiger partial charge in [0, 0.05) is 5.25 Å². The average Bonchev–Trinajstić information content (AvgIpc) is 2.45. The smallest absolute Gasteiger partial charge is 0.00472 e. The fraction of sp³-hybridized carbons (Fsp3) is 1.00. The molecule has 0 radical (unpaired) electrons. The number of thioether (sulfide) groups is 1. The number of rotatable bonds is 5. The maximum absolute atomic E-state index is 2.41. The molecule has 0 amide bonds. The van der Waals surface area contributed by atoms with Gasteiger partial charge in [-0.1, -0.05) is 40.0 Å². The van der Waals surface area contributed by atoms with E-state index >= 15 is 0 Å². The molecule has 1 aliphatic rings. The van der Waals surface area contributed by atoms with Crippen molar-refractivity contribution in [2.75, 3.05) is 5.75 Å². The van der Waals surface area contributed by atoms with Gasteiger partial charge in [0.25, 0.3) is 0 Å². The van der Waals surface area contributed by atoms with Crippen molar-refractivity contribution in [1.82, 2.24) is 0 Å². The zero-order chi connectivity index (χ0) is 9.68. The summed E-state index contributed by atoms with van der Waals surface area (Å²) in [5.74, 6) is 3.35. The number of hydrogen-bond acceptors (Lipinski definition) is 1. The SMILES string of the molecule is CC(C)CCCC[C@H]1CCS[C@H]1C. The van der Waals surface area contributed by atoms with E-state index in [1.54, 1.807) is 0 Å². The van der Waals surface area contributed by atoms with Crippen molar-refractivity contribution in [1.29, 1.82) is 0 Å². The Hall–Kier alpha value is 0.350. The maximum Gasteiger partial charge on any atom is 0.00472 e. The summed E-state index contributed by atoms with van der Waals surface area (Å²) >= 11 is 2.17. The molecule has 13 heavy (non-hydrogen) atoms. The Kier molecular flexibility index (Phi) is 5.23. The average molecular weight is 200 g/mol. The minimum atomic E-state index is 0.898. The van der Waals surface area contributed by atoms with Crippen molar-refractivity contribution in [3.63, 3.8) is 0 Å². The van der Waals surface area contributed by atoms with Crippen LogP contribution in [0.15, 0.2) is 0 Å². The predicted molar refractivity (Wildman–Crippen MR) is 63.3 cm³/mol. The topological polar surface area (TPSA) is 0 Å². The molecule has 1 fully saturated rings. The zero-order valence-electron chi connectivity index (χ0n) is 9.38. The molecule has 2 atom stereocenters. The highest BCUT2D eigenvalue weighted by atomic mass is 32.2. The van der Waals surface area contributed by atoms with Crippen molar-refractivity contribution in [3.05, 3.63) is 0 Å². The molecule has 0 aliphatic carbocycles. The minimum Gasteiger partial charge on any atom is -0.159 e. The quantitative estimate of drug-likeness (QED) is 0.595. The summed E-state index contributed by atoms with van der Waals surface area (Å²) in [7, 11) is 0. The molecule has 0 nitrogen and oxygen atoms in total. The summed E-state index contributed by atoms with van der Waals surface area (Å²) in [5.41, 5.74) is 0. The first-order valence-electron chi connectivity index (χ1n) is 5.81. The van der Waals surface area contributed by atoms with Gasteiger partial charge >= 0.3 is 0 Å². The molecule has 0 bridgehead atoms. The van der Waals surface area contributed by atoms with Crippen molar-refractivity contribution in [2.45, 2.75) is 58.1 Å². The first kappa shape index (κ1) is 11.4. The Labute approximate surface area is 87.9 Å². The van der Waals surface area contributed by atoms with E-state index in [2.05, 4.69) is 32.5 Å². The van der Waals surface area contributed by atoms with Gasteiger partial charge in [-0.05, 0) is 30.4 Å². The second kappa shape index (κ2) is 5.95. The summed E-state index contributed by atoms with van der Waals surface area (Å²) in [6, 6.07) is 0. The van der Waals surface area contributed by atoms with Crippen LogP contribution in [0.1, 0.15) is 52.9 Å². The first-order valence-corrected chi connectivity index (χ1v) is 6.86. The standard InChI is InChI=1S/C12H24S/c1-10(2)6-4-5-7-12-8-9-13-11(12)3/h10-12H,4-9H2,1-3H3/t11-,12-/m0/s1. The van der Waals surface area contributed by atoms with E-state index in [1.807, 2.05) is 0 Å². The Balaban J connectivity index is 1.99. The van der Waals surface area contributed by atoms with Crippen LogP contribution in [-0.2, 0) is 0 Å². The van der Waals surface area contributed by atoms with Crippen molar-refractivity contribution in [2.24, 2.45) is 11.8 Å². The van der Waals surface area contributed by atoms with Gasteiger partial charge in [0.2, 0.25) is 0 Å². The van der Waals surface area contributed by atoms with E-state index in [0.717, 1.165) is 17.1 Å². The minimum absolute atomic E-state index is 0.898. The van der Waals surface area contributed by atoms with Crippen LogP contribution in [0.3, 0.4) is 0 Å². The van der Waals surface area contributed by atoms with Gasteiger partial charge in [-0.25, -0.2) is 0 Å². The number of unbranched alkanes of at least 4 members (excludes halogenated alkanes) is 1. The lowest BCUT2D eigenvalue weighted by molar-refractivity contribution is 0.439. The van der Waals surface area contributed by atoms with Crippen LogP contribution in [-0.4, -0.2) is 11.0 Å². The fourth-order valence-corrected chi connectivity index (χ4v) is 3.47. The van der Waals surface area contributed by atoms with E-state index in [1.165, 1.54) is 37.9 Å². The second-order valence-corrected chi connectivity index (χ2v) is 6.29. The third-order valence-corrected chi connectivity index (χ3v) is 4.52. The van der Waals surface area contributed by atoms with E-state index in [0.29, 0.717) is 0 Å². The fourth-order valence-electron chi connectivity index (χ4n) is 2.11. The van der Waals surface area contributed by atoms with Crippen LogP contribution in [0.5, 0.6) is 0 Å². The molecule has 1 aliphatic heterocycles.